The molecule has 6 nitrogen and oxygen atoms in total. The first-order chi connectivity index (χ1) is 10.5. The molecule has 1 aliphatic rings. The van der Waals surface area contributed by atoms with Crippen LogP contribution in [-0.4, -0.2) is 39.3 Å². The van der Waals surface area contributed by atoms with Gasteiger partial charge in [-0.25, -0.2) is 0 Å². The molecule has 3 rings (SSSR count). The van der Waals surface area contributed by atoms with Crippen molar-refractivity contribution in [2.75, 3.05) is 13.1 Å². The first kappa shape index (κ1) is 14.6. The van der Waals surface area contributed by atoms with Crippen LogP contribution in [0.2, 0.25) is 0 Å². The van der Waals surface area contributed by atoms with Crippen molar-refractivity contribution in [3.8, 4) is 0 Å². The Morgan fingerprint density at radius 3 is 2.68 bits per heavy atom. The number of aromatic amines is 1. The van der Waals surface area contributed by atoms with Gasteiger partial charge in [0, 0.05) is 30.9 Å². The average Bonchev–Trinajstić information content (AvgIpc) is 3.17. The highest BCUT2D eigenvalue weighted by Crippen LogP contribution is 2.32. The van der Waals surface area contributed by atoms with E-state index in [-0.39, 0.29) is 5.92 Å². The lowest BCUT2D eigenvalue weighted by molar-refractivity contribution is -0.143. The fourth-order valence-electron chi connectivity index (χ4n) is 2.65. The van der Waals surface area contributed by atoms with Gasteiger partial charge in [-0.05, 0) is 18.9 Å². The highest BCUT2D eigenvalue weighted by atomic mass is 19.4. The molecule has 1 aliphatic heterocycles. The van der Waals surface area contributed by atoms with Crippen LogP contribution in [0.25, 0.3) is 0 Å². The fourth-order valence-corrected chi connectivity index (χ4v) is 2.65. The van der Waals surface area contributed by atoms with E-state index in [1.165, 1.54) is 4.90 Å². The topological polar surface area (TPSA) is 75.0 Å². The van der Waals surface area contributed by atoms with Crippen LogP contribution in [0.1, 0.15) is 40.5 Å². The maximum absolute atomic E-state index is 12.8. The molecule has 0 aliphatic carbocycles. The van der Waals surface area contributed by atoms with Crippen LogP contribution >= 0.6 is 0 Å². The number of nitrogens with one attached hydrogen (secondary N) is 1. The van der Waals surface area contributed by atoms with Crippen molar-refractivity contribution in [2.45, 2.75) is 24.9 Å². The molecular weight excluding hydrogens is 301 g/mol. The van der Waals surface area contributed by atoms with Gasteiger partial charge in [0.15, 0.2) is 5.69 Å². The maximum Gasteiger partial charge on any atom is 0.437 e. The number of likely N-dealkylation sites (tertiary alicyclic amines) is 1. The van der Waals surface area contributed by atoms with Crippen LogP contribution in [0.4, 0.5) is 13.2 Å². The number of amides is 1. The smallest absolute Gasteiger partial charge is 0.363 e. The third-order valence-corrected chi connectivity index (χ3v) is 3.81. The fraction of sp³-hybridized carbons (Fsp3) is 0.462. The summed E-state index contributed by atoms with van der Waals surface area (Å²) >= 11 is 0. The van der Waals surface area contributed by atoms with Gasteiger partial charge in [-0.3, -0.25) is 9.89 Å². The van der Waals surface area contributed by atoms with Crippen molar-refractivity contribution >= 4 is 5.91 Å². The molecule has 0 atom stereocenters. The molecule has 9 heteroatoms. The molecule has 0 bridgehead atoms. The first-order valence-corrected chi connectivity index (χ1v) is 6.77. The quantitative estimate of drug-likeness (QED) is 0.924. The summed E-state index contributed by atoms with van der Waals surface area (Å²) in [5.41, 5.74) is -0.825. The van der Waals surface area contributed by atoms with Crippen molar-refractivity contribution in [3.05, 3.63) is 35.5 Å². The summed E-state index contributed by atoms with van der Waals surface area (Å²) in [7, 11) is 0. The van der Waals surface area contributed by atoms with Gasteiger partial charge in [0.05, 0.1) is 0 Å². The Balaban J connectivity index is 1.69. The van der Waals surface area contributed by atoms with Crippen LogP contribution in [0, 0.1) is 0 Å². The number of carbonyl (C=O) groups excluding carboxylic acids is 1. The Morgan fingerprint density at radius 1 is 1.36 bits per heavy atom. The molecule has 3 heterocycles. The van der Waals surface area contributed by atoms with E-state index in [0.29, 0.717) is 25.9 Å². The Hall–Kier alpha value is -2.32. The molecular formula is C13H13F3N4O2. The van der Waals surface area contributed by atoms with Crippen molar-refractivity contribution in [2.24, 2.45) is 0 Å². The molecule has 0 saturated carbocycles. The Kier molecular flexibility index (Phi) is 3.63. The number of halogens is 3. The van der Waals surface area contributed by atoms with E-state index in [4.69, 9.17) is 0 Å². The maximum atomic E-state index is 12.8. The number of hydrogen-bond donors (Lipinski definition) is 1. The first-order valence-electron chi connectivity index (χ1n) is 6.77. The summed E-state index contributed by atoms with van der Waals surface area (Å²) in [6.45, 7) is 0.760. The molecule has 118 valence electrons. The molecule has 2 aromatic heterocycles. The van der Waals surface area contributed by atoms with Gasteiger partial charge in [-0.1, -0.05) is 5.16 Å². The molecule has 22 heavy (non-hydrogen) atoms. The monoisotopic (exact) mass is 314 g/mol. The largest absolute Gasteiger partial charge is 0.437 e. The molecule has 1 fully saturated rings. The van der Waals surface area contributed by atoms with Crippen LogP contribution in [0.3, 0.4) is 0 Å². The van der Waals surface area contributed by atoms with Gasteiger partial charge in [0.1, 0.15) is 11.8 Å². The number of H-pyrrole nitrogens is 1. The van der Waals surface area contributed by atoms with Crippen LogP contribution in [0.15, 0.2) is 23.0 Å². The van der Waals surface area contributed by atoms with Gasteiger partial charge >= 0.3 is 6.18 Å². The Bertz CT molecular complexity index is 643. The summed E-state index contributed by atoms with van der Waals surface area (Å²) in [4.78, 5) is 13.6. The predicted octanol–water partition coefficient (Wildman–Crippen LogP) is 2.44. The number of rotatable bonds is 2. The molecule has 0 unspecified atom stereocenters. The van der Waals surface area contributed by atoms with Crippen LogP contribution < -0.4 is 0 Å². The number of hydrogen-bond acceptors (Lipinski definition) is 4. The Morgan fingerprint density at radius 2 is 2.09 bits per heavy atom. The van der Waals surface area contributed by atoms with E-state index in [9.17, 15) is 18.0 Å². The highest BCUT2D eigenvalue weighted by molar-refractivity contribution is 5.95. The molecule has 0 radical (unpaired) electrons. The molecule has 1 amide bonds. The number of carbonyl (C=O) groups is 1. The zero-order valence-corrected chi connectivity index (χ0v) is 11.4. The lowest BCUT2D eigenvalue weighted by Crippen LogP contribution is -2.38. The van der Waals surface area contributed by atoms with Gasteiger partial charge in [-0.15, -0.1) is 0 Å². The van der Waals surface area contributed by atoms with E-state index in [0.717, 1.165) is 12.0 Å². The lowest BCUT2D eigenvalue weighted by Gasteiger charge is -2.31. The summed E-state index contributed by atoms with van der Waals surface area (Å²) < 4.78 is 42.6. The van der Waals surface area contributed by atoms with E-state index in [1.807, 2.05) is 6.07 Å². The zero-order valence-electron chi connectivity index (χ0n) is 11.4. The SMILES string of the molecule is O=C(c1conc1C(F)(F)F)N1CCC(c2ccn[nH]2)CC1. The minimum absolute atomic E-state index is 0.233. The standard InChI is InChI=1S/C13H13F3N4O2/c14-13(15,16)11-9(7-22-19-11)12(21)20-5-2-8(3-6-20)10-1-4-17-18-10/h1,4,7-8H,2-3,5-6H2,(H,17,18). The van der Waals surface area contributed by atoms with E-state index >= 15 is 0 Å². The molecule has 2 aromatic rings. The second kappa shape index (κ2) is 5.47. The second-order valence-corrected chi connectivity index (χ2v) is 5.15. The number of piperidine rings is 1. The Labute approximate surface area is 123 Å². The molecule has 0 spiro atoms. The summed E-state index contributed by atoms with van der Waals surface area (Å²) in [5, 5.41) is 9.66. The van der Waals surface area contributed by atoms with Crippen molar-refractivity contribution in [1.29, 1.82) is 0 Å². The average molecular weight is 314 g/mol. The van der Waals surface area contributed by atoms with Crippen LogP contribution in [-0.2, 0) is 6.18 Å². The zero-order chi connectivity index (χ0) is 15.7. The van der Waals surface area contributed by atoms with E-state index in [2.05, 4.69) is 19.9 Å². The van der Waals surface area contributed by atoms with Gasteiger partial charge in [-0.2, -0.15) is 18.3 Å². The molecule has 1 N–H and O–H groups in total. The lowest BCUT2D eigenvalue weighted by atomic mass is 9.93. The molecule has 1 saturated heterocycles. The van der Waals surface area contributed by atoms with Gasteiger partial charge < -0.3 is 9.42 Å². The minimum atomic E-state index is -4.70. The number of aromatic nitrogens is 3. The predicted molar refractivity (Wildman–Crippen MR) is 68.0 cm³/mol. The normalized spacial score (nSPS) is 17.0. The van der Waals surface area contributed by atoms with Gasteiger partial charge in [0.25, 0.3) is 5.91 Å². The van der Waals surface area contributed by atoms with Gasteiger partial charge in [0.2, 0.25) is 0 Å². The van der Waals surface area contributed by atoms with E-state index < -0.39 is 23.3 Å². The third kappa shape index (κ3) is 2.70. The van der Waals surface area contributed by atoms with Crippen molar-refractivity contribution in [1.82, 2.24) is 20.3 Å². The third-order valence-electron chi connectivity index (χ3n) is 3.81. The highest BCUT2D eigenvalue weighted by Gasteiger charge is 2.41. The number of alkyl halides is 3. The minimum Gasteiger partial charge on any atom is -0.363 e. The van der Waals surface area contributed by atoms with E-state index in [1.54, 1.807) is 6.20 Å². The van der Waals surface area contributed by atoms with Crippen molar-refractivity contribution in [3.63, 3.8) is 0 Å². The summed E-state index contributed by atoms with van der Waals surface area (Å²) in [5.74, 6) is -0.465. The van der Waals surface area contributed by atoms with Crippen molar-refractivity contribution < 1.29 is 22.5 Å². The summed E-state index contributed by atoms with van der Waals surface area (Å²) in [6.07, 6.45) is -0.959. The summed E-state index contributed by atoms with van der Waals surface area (Å²) in [6, 6.07) is 1.86. The number of nitrogens with zero attached hydrogens (tertiary/aromatic N) is 3. The second-order valence-electron chi connectivity index (χ2n) is 5.15. The molecule has 0 aromatic carbocycles. The van der Waals surface area contributed by atoms with Crippen LogP contribution in [0.5, 0.6) is 0 Å².